The van der Waals surface area contributed by atoms with Gasteiger partial charge in [-0.25, -0.2) is 4.79 Å². The van der Waals surface area contributed by atoms with Crippen LogP contribution in [0.25, 0.3) is 0 Å². The Kier molecular flexibility index (Phi) is 5.61. The average Bonchev–Trinajstić information content (AvgIpc) is 3.14. The number of piperidine rings is 1. The van der Waals surface area contributed by atoms with Crippen LogP contribution in [0.2, 0.25) is 0 Å². The van der Waals surface area contributed by atoms with Gasteiger partial charge in [-0.05, 0) is 31.7 Å². The highest BCUT2D eigenvalue weighted by Crippen LogP contribution is 2.18. The number of hydrogen-bond donors (Lipinski definition) is 3. The van der Waals surface area contributed by atoms with Crippen molar-refractivity contribution in [3.05, 3.63) is 17.5 Å². The van der Waals surface area contributed by atoms with E-state index < -0.39 is 0 Å². The Balaban J connectivity index is 1.23. The normalized spacial score (nSPS) is 21.6. The van der Waals surface area contributed by atoms with Crippen LogP contribution in [0, 0.1) is 0 Å². The minimum atomic E-state index is -0.109. The largest absolute Gasteiger partial charge is 0.348 e. The van der Waals surface area contributed by atoms with Crippen molar-refractivity contribution in [1.82, 2.24) is 30.6 Å². The average molecular weight is 374 g/mol. The summed E-state index contributed by atoms with van der Waals surface area (Å²) in [5, 5.41) is 14.0. The molecule has 0 bridgehead atoms. The molecule has 0 radical (unpaired) electrons. The zero-order valence-electron chi connectivity index (χ0n) is 15.9. The van der Waals surface area contributed by atoms with E-state index in [1.807, 2.05) is 15.6 Å². The summed E-state index contributed by atoms with van der Waals surface area (Å²) in [6.45, 7) is 3.82. The number of nitrogens with zero attached hydrogens (tertiary/aromatic N) is 3. The summed E-state index contributed by atoms with van der Waals surface area (Å²) in [4.78, 5) is 26.8. The lowest BCUT2D eigenvalue weighted by Gasteiger charge is -2.34. The van der Waals surface area contributed by atoms with E-state index in [2.05, 4.69) is 21.0 Å². The number of amides is 3. The van der Waals surface area contributed by atoms with Crippen LogP contribution in [-0.4, -0.2) is 58.3 Å². The quantitative estimate of drug-likeness (QED) is 0.742. The van der Waals surface area contributed by atoms with E-state index in [4.69, 9.17) is 0 Å². The van der Waals surface area contributed by atoms with Crippen molar-refractivity contribution in [2.24, 2.45) is 0 Å². The molecule has 1 saturated heterocycles. The summed E-state index contributed by atoms with van der Waals surface area (Å²) in [7, 11) is 0. The predicted molar refractivity (Wildman–Crippen MR) is 101 cm³/mol. The molecular formula is C19H30N6O2. The molecule has 4 rings (SSSR count). The van der Waals surface area contributed by atoms with E-state index in [1.165, 1.54) is 19.3 Å². The van der Waals surface area contributed by atoms with Gasteiger partial charge in [0.2, 0.25) is 0 Å². The van der Waals surface area contributed by atoms with Crippen molar-refractivity contribution < 1.29 is 9.59 Å². The van der Waals surface area contributed by atoms with E-state index in [9.17, 15) is 9.59 Å². The first kappa shape index (κ1) is 18.3. The van der Waals surface area contributed by atoms with Gasteiger partial charge in [0.25, 0.3) is 5.91 Å². The number of urea groups is 1. The van der Waals surface area contributed by atoms with Gasteiger partial charge in [-0.3, -0.25) is 9.48 Å². The minimum absolute atomic E-state index is 0.0564. The first-order valence-corrected chi connectivity index (χ1v) is 10.3. The number of rotatable bonds is 3. The van der Waals surface area contributed by atoms with Gasteiger partial charge >= 0.3 is 6.03 Å². The van der Waals surface area contributed by atoms with Gasteiger partial charge in [0.1, 0.15) is 0 Å². The summed E-state index contributed by atoms with van der Waals surface area (Å²) in [5.41, 5.74) is 1.55. The molecule has 2 fully saturated rings. The third-order valence-electron chi connectivity index (χ3n) is 5.95. The van der Waals surface area contributed by atoms with Gasteiger partial charge in [-0.1, -0.05) is 19.3 Å². The second-order valence-electron chi connectivity index (χ2n) is 7.94. The van der Waals surface area contributed by atoms with Crippen molar-refractivity contribution in [2.45, 2.75) is 70.1 Å². The molecule has 1 aliphatic carbocycles. The second kappa shape index (κ2) is 8.29. The summed E-state index contributed by atoms with van der Waals surface area (Å²) in [6, 6.07) is 2.37. The number of carbonyl (C=O) groups is 2. The molecule has 0 aromatic carbocycles. The maximum atomic E-state index is 12.5. The van der Waals surface area contributed by atoms with Crippen LogP contribution >= 0.6 is 0 Å². The maximum absolute atomic E-state index is 12.5. The number of nitrogens with one attached hydrogen (secondary N) is 3. The van der Waals surface area contributed by atoms with Crippen LogP contribution in [0.3, 0.4) is 0 Å². The highest BCUT2D eigenvalue weighted by molar-refractivity contribution is 5.92. The summed E-state index contributed by atoms with van der Waals surface area (Å²) in [6.07, 6.45) is 7.50. The van der Waals surface area contributed by atoms with E-state index in [0.29, 0.717) is 24.8 Å². The van der Waals surface area contributed by atoms with E-state index in [0.717, 1.165) is 51.0 Å². The molecule has 0 unspecified atom stereocenters. The van der Waals surface area contributed by atoms with Gasteiger partial charge in [0.05, 0.1) is 12.2 Å². The number of likely N-dealkylation sites (tertiary alicyclic amines) is 1. The Labute approximate surface area is 160 Å². The zero-order valence-corrected chi connectivity index (χ0v) is 15.9. The van der Waals surface area contributed by atoms with Crippen LogP contribution in [0.4, 0.5) is 4.79 Å². The molecule has 3 amide bonds. The van der Waals surface area contributed by atoms with Crippen LogP contribution in [0.15, 0.2) is 6.07 Å². The van der Waals surface area contributed by atoms with Gasteiger partial charge in [-0.15, -0.1) is 0 Å². The first-order valence-electron chi connectivity index (χ1n) is 10.3. The number of hydrogen-bond acceptors (Lipinski definition) is 4. The lowest BCUT2D eigenvalue weighted by molar-refractivity contribution is 0.0911. The van der Waals surface area contributed by atoms with Crippen LogP contribution in [0.1, 0.15) is 61.1 Å². The SMILES string of the molecule is O=C(NC1CCN(C(=O)NC2CCCCC2)CC1)c1cc2n(n1)CCNC2. The van der Waals surface area contributed by atoms with Gasteiger partial charge in [0.15, 0.2) is 5.69 Å². The maximum Gasteiger partial charge on any atom is 0.317 e. The molecule has 0 spiro atoms. The molecule has 8 heteroatoms. The summed E-state index contributed by atoms with van der Waals surface area (Å²) >= 11 is 0. The Morgan fingerprint density at radius 2 is 1.74 bits per heavy atom. The third kappa shape index (κ3) is 4.43. The Bertz CT molecular complexity index is 650. The Morgan fingerprint density at radius 3 is 2.48 bits per heavy atom. The minimum Gasteiger partial charge on any atom is -0.348 e. The van der Waals surface area contributed by atoms with E-state index in [1.54, 1.807) is 0 Å². The van der Waals surface area contributed by atoms with Gasteiger partial charge < -0.3 is 20.9 Å². The van der Waals surface area contributed by atoms with Crippen molar-refractivity contribution in [1.29, 1.82) is 0 Å². The highest BCUT2D eigenvalue weighted by Gasteiger charge is 2.27. The van der Waals surface area contributed by atoms with Crippen molar-refractivity contribution in [3.63, 3.8) is 0 Å². The van der Waals surface area contributed by atoms with E-state index in [-0.39, 0.29) is 18.0 Å². The molecule has 3 aliphatic rings. The lowest BCUT2D eigenvalue weighted by Crippen LogP contribution is -2.51. The summed E-state index contributed by atoms with van der Waals surface area (Å²) in [5.74, 6) is -0.109. The molecule has 3 heterocycles. The standard InChI is InChI=1S/C19H30N6O2/c26-18(17-12-16-13-20-8-11-25(16)23-17)21-15-6-9-24(10-7-15)19(27)22-14-4-2-1-3-5-14/h12,14-15,20H,1-11,13H2,(H,21,26)(H,22,27). The fourth-order valence-electron chi connectivity index (χ4n) is 4.30. The molecule has 1 aromatic heterocycles. The molecule has 8 nitrogen and oxygen atoms in total. The van der Waals surface area contributed by atoms with Gasteiger partial charge in [0, 0.05) is 38.3 Å². The predicted octanol–water partition coefficient (Wildman–Crippen LogP) is 1.22. The van der Waals surface area contributed by atoms with Crippen molar-refractivity contribution in [3.8, 4) is 0 Å². The molecular weight excluding hydrogens is 344 g/mol. The molecule has 3 N–H and O–H groups in total. The number of aromatic nitrogens is 2. The lowest BCUT2D eigenvalue weighted by atomic mass is 9.95. The monoisotopic (exact) mass is 374 g/mol. The van der Waals surface area contributed by atoms with Crippen molar-refractivity contribution >= 4 is 11.9 Å². The molecule has 2 aliphatic heterocycles. The molecule has 1 saturated carbocycles. The number of carbonyl (C=O) groups excluding carboxylic acids is 2. The molecule has 27 heavy (non-hydrogen) atoms. The topological polar surface area (TPSA) is 91.3 Å². The molecule has 148 valence electrons. The van der Waals surface area contributed by atoms with E-state index >= 15 is 0 Å². The van der Waals surface area contributed by atoms with Crippen LogP contribution in [0.5, 0.6) is 0 Å². The smallest absolute Gasteiger partial charge is 0.317 e. The van der Waals surface area contributed by atoms with Crippen LogP contribution < -0.4 is 16.0 Å². The molecule has 1 aromatic rings. The van der Waals surface area contributed by atoms with Crippen LogP contribution in [-0.2, 0) is 13.1 Å². The summed E-state index contributed by atoms with van der Waals surface area (Å²) < 4.78 is 1.91. The Morgan fingerprint density at radius 1 is 1.00 bits per heavy atom. The third-order valence-corrected chi connectivity index (χ3v) is 5.95. The van der Waals surface area contributed by atoms with Gasteiger partial charge in [-0.2, -0.15) is 5.10 Å². The molecule has 0 atom stereocenters. The first-order chi connectivity index (χ1) is 13.2. The second-order valence-corrected chi connectivity index (χ2v) is 7.94. The van der Waals surface area contributed by atoms with Crippen molar-refractivity contribution in [2.75, 3.05) is 19.6 Å². The zero-order chi connectivity index (χ0) is 18.6. The fourth-order valence-corrected chi connectivity index (χ4v) is 4.30. The highest BCUT2D eigenvalue weighted by atomic mass is 16.2. The Hall–Kier alpha value is -2.09. The fraction of sp³-hybridized carbons (Fsp3) is 0.737. The number of fused-ring (bicyclic) bond motifs is 1.